The average Bonchev–Trinajstić information content (AvgIpc) is 2.76. The molecule has 0 bridgehead atoms. The SMILES string of the molecule is CC1(Cc2cc(F)ccc2Br)N=N1. The van der Waals surface area contributed by atoms with Crippen molar-refractivity contribution in [2.75, 3.05) is 0 Å². The van der Waals surface area contributed by atoms with E-state index in [9.17, 15) is 4.39 Å². The summed E-state index contributed by atoms with van der Waals surface area (Å²) >= 11 is 3.36. The summed E-state index contributed by atoms with van der Waals surface area (Å²) < 4.78 is 13.8. The van der Waals surface area contributed by atoms with Crippen molar-refractivity contribution in [2.45, 2.75) is 19.0 Å². The normalized spacial score (nSPS) is 17.5. The van der Waals surface area contributed by atoms with Crippen molar-refractivity contribution in [3.63, 3.8) is 0 Å². The Balaban J connectivity index is 2.23. The molecular formula is C9H8BrFN2. The first-order valence-corrected chi connectivity index (χ1v) is 4.76. The van der Waals surface area contributed by atoms with E-state index in [-0.39, 0.29) is 11.5 Å². The van der Waals surface area contributed by atoms with Gasteiger partial charge in [-0.2, -0.15) is 10.2 Å². The molecule has 2 rings (SSSR count). The summed E-state index contributed by atoms with van der Waals surface area (Å²) in [5, 5.41) is 7.76. The Morgan fingerprint density at radius 2 is 2.15 bits per heavy atom. The van der Waals surface area contributed by atoms with Crippen LogP contribution in [0.25, 0.3) is 0 Å². The molecule has 0 amide bonds. The van der Waals surface area contributed by atoms with Crippen LogP contribution in [0.1, 0.15) is 12.5 Å². The van der Waals surface area contributed by atoms with Gasteiger partial charge in [0.05, 0.1) is 0 Å². The lowest BCUT2D eigenvalue weighted by Crippen LogP contribution is -2.09. The second-order valence-corrected chi connectivity index (χ2v) is 4.18. The first-order chi connectivity index (χ1) is 6.09. The van der Waals surface area contributed by atoms with Gasteiger partial charge in [-0.05, 0) is 30.7 Å². The van der Waals surface area contributed by atoms with Crippen molar-refractivity contribution in [1.29, 1.82) is 0 Å². The number of halogens is 2. The van der Waals surface area contributed by atoms with Crippen molar-refractivity contribution in [3.8, 4) is 0 Å². The van der Waals surface area contributed by atoms with E-state index in [1.165, 1.54) is 12.1 Å². The maximum absolute atomic E-state index is 12.9. The molecule has 13 heavy (non-hydrogen) atoms. The predicted octanol–water partition coefficient (Wildman–Crippen LogP) is 3.31. The zero-order chi connectivity index (χ0) is 9.47. The molecule has 1 aliphatic rings. The summed E-state index contributed by atoms with van der Waals surface area (Å²) in [5.74, 6) is -0.220. The van der Waals surface area contributed by atoms with Gasteiger partial charge >= 0.3 is 0 Å². The molecule has 1 aromatic rings. The van der Waals surface area contributed by atoms with Crippen LogP contribution in [0.5, 0.6) is 0 Å². The first kappa shape index (κ1) is 8.81. The van der Waals surface area contributed by atoms with Gasteiger partial charge in [0.25, 0.3) is 0 Å². The third-order valence-electron chi connectivity index (χ3n) is 1.97. The van der Waals surface area contributed by atoms with Gasteiger partial charge in [-0.15, -0.1) is 0 Å². The minimum Gasteiger partial charge on any atom is -0.207 e. The van der Waals surface area contributed by atoms with E-state index in [0.29, 0.717) is 6.42 Å². The minimum atomic E-state index is -0.309. The molecule has 0 spiro atoms. The maximum Gasteiger partial charge on any atom is 0.192 e. The fourth-order valence-corrected chi connectivity index (χ4v) is 1.58. The highest BCUT2D eigenvalue weighted by molar-refractivity contribution is 9.10. The molecule has 1 aromatic carbocycles. The summed E-state index contributed by atoms with van der Waals surface area (Å²) in [7, 11) is 0. The van der Waals surface area contributed by atoms with Crippen molar-refractivity contribution < 1.29 is 4.39 Å². The van der Waals surface area contributed by atoms with Crippen LogP contribution in [0.4, 0.5) is 4.39 Å². The van der Waals surface area contributed by atoms with E-state index in [4.69, 9.17) is 0 Å². The quantitative estimate of drug-likeness (QED) is 0.761. The number of nitrogens with zero attached hydrogens (tertiary/aromatic N) is 2. The van der Waals surface area contributed by atoms with Gasteiger partial charge in [-0.3, -0.25) is 0 Å². The maximum atomic E-state index is 12.9. The summed E-state index contributed by atoms with van der Waals surface area (Å²) in [6, 6.07) is 4.65. The molecule has 0 atom stereocenters. The third kappa shape index (κ3) is 1.94. The van der Waals surface area contributed by atoms with Crippen LogP contribution < -0.4 is 0 Å². The van der Waals surface area contributed by atoms with Gasteiger partial charge in [0.15, 0.2) is 5.66 Å². The van der Waals surface area contributed by atoms with Gasteiger partial charge in [-0.25, -0.2) is 4.39 Å². The Hall–Kier alpha value is -0.770. The van der Waals surface area contributed by atoms with Crippen LogP contribution in [-0.2, 0) is 6.42 Å². The molecule has 1 heterocycles. The van der Waals surface area contributed by atoms with Crippen molar-refractivity contribution in [3.05, 3.63) is 34.1 Å². The highest BCUT2D eigenvalue weighted by Gasteiger charge is 2.34. The topological polar surface area (TPSA) is 24.7 Å². The van der Waals surface area contributed by atoms with Crippen LogP contribution in [0.15, 0.2) is 32.9 Å². The lowest BCUT2D eigenvalue weighted by Gasteiger charge is -2.06. The summed E-state index contributed by atoms with van der Waals surface area (Å²) in [5.41, 5.74) is 0.601. The fraction of sp³-hybridized carbons (Fsp3) is 0.333. The molecule has 0 saturated heterocycles. The van der Waals surface area contributed by atoms with E-state index in [1.807, 2.05) is 6.92 Å². The van der Waals surface area contributed by atoms with E-state index >= 15 is 0 Å². The molecule has 0 fully saturated rings. The molecular weight excluding hydrogens is 235 g/mol. The molecule has 0 aliphatic carbocycles. The average molecular weight is 243 g/mol. The molecule has 0 N–H and O–H groups in total. The molecule has 0 radical (unpaired) electrons. The molecule has 2 nitrogen and oxygen atoms in total. The standard InChI is InChI=1S/C9H8BrFN2/c1-9(12-13-9)5-6-4-7(11)2-3-8(6)10/h2-4H,5H2,1H3. The van der Waals surface area contributed by atoms with Crippen molar-refractivity contribution >= 4 is 15.9 Å². The summed E-state index contributed by atoms with van der Waals surface area (Å²) in [4.78, 5) is 0. The molecule has 0 saturated carbocycles. The van der Waals surface area contributed by atoms with Gasteiger partial charge in [-0.1, -0.05) is 15.9 Å². The number of benzene rings is 1. The van der Waals surface area contributed by atoms with Crippen LogP contribution >= 0.6 is 15.9 Å². The predicted molar refractivity (Wildman–Crippen MR) is 51.1 cm³/mol. The highest BCUT2D eigenvalue weighted by atomic mass is 79.9. The smallest absolute Gasteiger partial charge is 0.192 e. The lowest BCUT2D eigenvalue weighted by molar-refractivity contribution is 0.615. The Kier molecular flexibility index (Phi) is 1.95. The Morgan fingerprint density at radius 3 is 2.77 bits per heavy atom. The van der Waals surface area contributed by atoms with Crippen molar-refractivity contribution in [2.24, 2.45) is 10.2 Å². The number of hydrogen-bond donors (Lipinski definition) is 0. The minimum absolute atomic E-state index is 0.220. The monoisotopic (exact) mass is 242 g/mol. The summed E-state index contributed by atoms with van der Waals surface area (Å²) in [6.07, 6.45) is 0.658. The lowest BCUT2D eigenvalue weighted by atomic mass is 10.1. The zero-order valence-corrected chi connectivity index (χ0v) is 8.68. The first-order valence-electron chi connectivity index (χ1n) is 3.97. The van der Waals surface area contributed by atoms with Gasteiger partial charge in [0, 0.05) is 10.9 Å². The van der Waals surface area contributed by atoms with E-state index in [0.717, 1.165) is 10.0 Å². The van der Waals surface area contributed by atoms with Crippen LogP contribution in [0.3, 0.4) is 0 Å². The molecule has 4 heteroatoms. The van der Waals surface area contributed by atoms with Gasteiger partial charge in [0.1, 0.15) is 5.82 Å². The van der Waals surface area contributed by atoms with Crippen LogP contribution in [0, 0.1) is 5.82 Å². The van der Waals surface area contributed by atoms with E-state index in [1.54, 1.807) is 6.07 Å². The second-order valence-electron chi connectivity index (χ2n) is 3.33. The van der Waals surface area contributed by atoms with Crippen LogP contribution in [0.2, 0.25) is 0 Å². The molecule has 0 aromatic heterocycles. The highest BCUT2D eigenvalue weighted by Crippen LogP contribution is 2.33. The largest absolute Gasteiger partial charge is 0.207 e. The zero-order valence-electron chi connectivity index (χ0n) is 7.09. The van der Waals surface area contributed by atoms with Crippen LogP contribution in [-0.4, -0.2) is 5.66 Å². The van der Waals surface area contributed by atoms with Crippen molar-refractivity contribution in [1.82, 2.24) is 0 Å². The molecule has 1 aliphatic heterocycles. The molecule has 0 unspecified atom stereocenters. The Labute approximate surface area is 84.0 Å². The Bertz CT molecular complexity index is 370. The fourth-order valence-electron chi connectivity index (χ4n) is 1.20. The second kappa shape index (κ2) is 2.87. The molecule has 68 valence electrons. The number of rotatable bonds is 2. The van der Waals surface area contributed by atoms with E-state index < -0.39 is 0 Å². The summed E-state index contributed by atoms with van der Waals surface area (Å²) in [6.45, 7) is 1.92. The third-order valence-corrected chi connectivity index (χ3v) is 2.75. The van der Waals surface area contributed by atoms with Gasteiger partial charge < -0.3 is 0 Å². The van der Waals surface area contributed by atoms with Gasteiger partial charge in [0.2, 0.25) is 0 Å². The number of hydrogen-bond acceptors (Lipinski definition) is 2. The Morgan fingerprint density at radius 1 is 1.46 bits per heavy atom. The van der Waals surface area contributed by atoms with E-state index in [2.05, 4.69) is 26.2 Å².